The van der Waals surface area contributed by atoms with Crippen LogP contribution in [-0.4, -0.2) is 42.4 Å². The van der Waals surface area contributed by atoms with E-state index in [1.807, 2.05) is 0 Å². The van der Waals surface area contributed by atoms with Gasteiger partial charge in [-0.1, -0.05) is 32.9 Å². The Balaban J connectivity index is 1.86. The fraction of sp³-hybridized carbons (Fsp3) is 0.500. The highest BCUT2D eigenvalue weighted by Crippen LogP contribution is 2.21. The van der Waals surface area contributed by atoms with Crippen LogP contribution in [0, 0.1) is 5.41 Å². The molecule has 1 unspecified atom stereocenters. The number of amides is 3. The van der Waals surface area contributed by atoms with E-state index in [-0.39, 0.29) is 17.9 Å². The van der Waals surface area contributed by atoms with Crippen molar-refractivity contribution in [3.05, 3.63) is 29.8 Å². The molecule has 1 aromatic carbocycles. The van der Waals surface area contributed by atoms with E-state index in [9.17, 15) is 19.2 Å². The van der Waals surface area contributed by atoms with Gasteiger partial charge in [0, 0.05) is 11.5 Å². The molecular formula is C20H27N3O5. The van der Waals surface area contributed by atoms with E-state index >= 15 is 0 Å². The Bertz CT molecular complexity index is 765. The second kappa shape index (κ2) is 8.86. The molecule has 8 heteroatoms. The van der Waals surface area contributed by atoms with E-state index in [1.165, 1.54) is 6.92 Å². The van der Waals surface area contributed by atoms with E-state index in [0.29, 0.717) is 11.3 Å². The molecule has 1 atom stereocenters. The zero-order valence-corrected chi connectivity index (χ0v) is 16.6. The van der Waals surface area contributed by atoms with E-state index in [0.717, 1.165) is 12.8 Å². The standard InChI is InChI=1S/C20H27N3O5/c1-12(21-19(27)20(2,3)4)18(26)28-11-16(24)23-15-8-6-5-7-14(15)17(25)22-13-9-10-13/h5-8,12-13H,9-11H2,1-4H3,(H,21,27)(H,22,25)(H,23,24). The molecule has 2 rings (SSSR count). The summed E-state index contributed by atoms with van der Waals surface area (Å²) in [4.78, 5) is 48.3. The van der Waals surface area contributed by atoms with Gasteiger partial charge in [-0.25, -0.2) is 4.79 Å². The largest absolute Gasteiger partial charge is 0.454 e. The molecule has 0 saturated heterocycles. The molecule has 1 aliphatic rings. The first-order chi connectivity index (χ1) is 13.1. The van der Waals surface area contributed by atoms with Crippen LogP contribution in [0.15, 0.2) is 24.3 Å². The average Bonchev–Trinajstić information content (AvgIpc) is 3.43. The number of esters is 1. The van der Waals surface area contributed by atoms with Crippen molar-refractivity contribution in [1.82, 2.24) is 10.6 Å². The molecule has 0 heterocycles. The number of carbonyl (C=O) groups excluding carboxylic acids is 4. The smallest absolute Gasteiger partial charge is 0.328 e. The van der Waals surface area contributed by atoms with Crippen molar-refractivity contribution in [1.29, 1.82) is 0 Å². The fourth-order valence-corrected chi connectivity index (χ4v) is 2.20. The quantitative estimate of drug-likeness (QED) is 0.613. The van der Waals surface area contributed by atoms with Crippen molar-refractivity contribution >= 4 is 29.4 Å². The van der Waals surface area contributed by atoms with Crippen molar-refractivity contribution < 1.29 is 23.9 Å². The van der Waals surface area contributed by atoms with Gasteiger partial charge < -0.3 is 20.7 Å². The summed E-state index contributed by atoms with van der Waals surface area (Å²) < 4.78 is 4.96. The van der Waals surface area contributed by atoms with Gasteiger partial charge in [0.05, 0.1) is 11.3 Å². The van der Waals surface area contributed by atoms with Gasteiger partial charge in [0.15, 0.2) is 6.61 Å². The molecule has 0 aliphatic heterocycles. The Morgan fingerprint density at radius 1 is 1.14 bits per heavy atom. The number of benzene rings is 1. The predicted octanol–water partition coefficient (Wildman–Crippen LogP) is 1.61. The summed E-state index contributed by atoms with van der Waals surface area (Å²) >= 11 is 0. The van der Waals surface area contributed by atoms with Crippen molar-refractivity contribution in [3.63, 3.8) is 0 Å². The average molecular weight is 389 g/mol. The van der Waals surface area contributed by atoms with Crippen molar-refractivity contribution in [2.75, 3.05) is 11.9 Å². The van der Waals surface area contributed by atoms with E-state index in [1.54, 1.807) is 45.0 Å². The van der Waals surface area contributed by atoms with Crippen molar-refractivity contribution in [3.8, 4) is 0 Å². The Morgan fingerprint density at radius 3 is 2.39 bits per heavy atom. The monoisotopic (exact) mass is 389 g/mol. The molecule has 1 saturated carbocycles. The molecule has 0 spiro atoms. The molecule has 28 heavy (non-hydrogen) atoms. The molecule has 3 amide bonds. The van der Waals surface area contributed by atoms with Gasteiger partial charge in [-0.15, -0.1) is 0 Å². The second-order valence-electron chi connectivity index (χ2n) is 7.89. The summed E-state index contributed by atoms with van der Waals surface area (Å²) in [5.41, 5.74) is 0.0482. The highest BCUT2D eigenvalue weighted by molar-refractivity contribution is 6.04. The molecule has 1 fully saturated rings. The number of para-hydroxylation sites is 1. The number of hydrogen-bond donors (Lipinski definition) is 3. The highest BCUT2D eigenvalue weighted by Gasteiger charge is 2.27. The predicted molar refractivity (Wildman–Crippen MR) is 104 cm³/mol. The summed E-state index contributed by atoms with van der Waals surface area (Å²) in [6, 6.07) is 5.94. The van der Waals surface area contributed by atoms with Gasteiger partial charge in [0.1, 0.15) is 6.04 Å². The summed E-state index contributed by atoms with van der Waals surface area (Å²) in [7, 11) is 0. The topological polar surface area (TPSA) is 114 Å². The minimum Gasteiger partial charge on any atom is -0.454 e. The SMILES string of the molecule is CC(NC(=O)C(C)(C)C)C(=O)OCC(=O)Nc1ccccc1C(=O)NC1CC1. The third-order valence-electron chi connectivity index (χ3n) is 4.09. The summed E-state index contributed by atoms with van der Waals surface area (Å²) in [5.74, 6) is -1.84. The van der Waals surface area contributed by atoms with Crippen LogP contribution in [0.25, 0.3) is 0 Å². The zero-order valence-electron chi connectivity index (χ0n) is 16.6. The minimum absolute atomic E-state index is 0.196. The number of hydrogen-bond acceptors (Lipinski definition) is 5. The van der Waals surface area contributed by atoms with Crippen LogP contribution in [0.5, 0.6) is 0 Å². The minimum atomic E-state index is -0.879. The van der Waals surface area contributed by atoms with Crippen LogP contribution in [0.3, 0.4) is 0 Å². The van der Waals surface area contributed by atoms with E-state index < -0.39 is 29.9 Å². The number of ether oxygens (including phenoxy) is 1. The second-order valence-corrected chi connectivity index (χ2v) is 7.89. The molecule has 0 bridgehead atoms. The molecule has 1 aromatic rings. The molecule has 152 valence electrons. The summed E-state index contributed by atoms with van der Waals surface area (Å²) in [6.45, 7) is 6.15. The van der Waals surface area contributed by atoms with Crippen molar-refractivity contribution in [2.45, 2.75) is 52.6 Å². The van der Waals surface area contributed by atoms with E-state index in [4.69, 9.17) is 4.74 Å². The van der Waals surface area contributed by atoms with Crippen LogP contribution >= 0.6 is 0 Å². The van der Waals surface area contributed by atoms with Crippen molar-refractivity contribution in [2.24, 2.45) is 5.41 Å². The van der Waals surface area contributed by atoms with Crippen LogP contribution in [0.2, 0.25) is 0 Å². The van der Waals surface area contributed by atoms with Gasteiger partial charge >= 0.3 is 5.97 Å². The third kappa shape index (κ3) is 6.37. The fourth-order valence-electron chi connectivity index (χ4n) is 2.20. The van der Waals surface area contributed by atoms with Crippen LogP contribution in [0.1, 0.15) is 50.9 Å². The Hall–Kier alpha value is -2.90. The lowest BCUT2D eigenvalue weighted by Gasteiger charge is -2.21. The molecule has 3 N–H and O–H groups in total. The van der Waals surface area contributed by atoms with Gasteiger partial charge in [0.25, 0.3) is 11.8 Å². The van der Waals surface area contributed by atoms with Gasteiger partial charge in [-0.2, -0.15) is 0 Å². The number of anilines is 1. The first-order valence-corrected chi connectivity index (χ1v) is 9.25. The maximum atomic E-state index is 12.2. The lowest BCUT2D eigenvalue weighted by molar-refractivity contribution is -0.150. The van der Waals surface area contributed by atoms with Crippen LogP contribution in [-0.2, 0) is 19.1 Å². The van der Waals surface area contributed by atoms with Gasteiger partial charge in [-0.3, -0.25) is 14.4 Å². The van der Waals surface area contributed by atoms with Crippen LogP contribution in [0.4, 0.5) is 5.69 Å². The first-order valence-electron chi connectivity index (χ1n) is 9.25. The van der Waals surface area contributed by atoms with E-state index in [2.05, 4.69) is 16.0 Å². The van der Waals surface area contributed by atoms with Gasteiger partial charge in [0.2, 0.25) is 5.91 Å². The maximum Gasteiger partial charge on any atom is 0.328 e. The first kappa shape index (κ1) is 21.4. The number of carbonyl (C=O) groups is 4. The molecule has 8 nitrogen and oxygen atoms in total. The summed E-state index contributed by atoms with van der Waals surface area (Å²) in [5, 5.41) is 7.99. The van der Waals surface area contributed by atoms with Gasteiger partial charge in [-0.05, 0) is 31.9 Å². The normalized spacial score (nSPS) is 14.6. The summed E-state index contributed by atoms with van der Waals surface area (Å²) in [6.07, 6.45) is 1.92. The molecular weight excluding hydrogens is 362 g/mol. The molecule has 0 radical (unpaired) electrons. The molecule has 1 aliphatic carbocycles. The number of nitrogens with one attached hydrogen (secondary N) is 3. The lowest BCUT2D eigenvalue weighted by Crippen LogP contribution is -2.45. The lowest BCUT2D eigenvalue weighted by atomic mass is 9.95. The third-order valence-corrected chi connectivity index (χ3v) is 4.09. The highest BCUT2D eigenvalue weighted by atomic mass is 16.5. The maximum absolute atomic E-state index is 12.2. The zero-order chi connectivity index (χ0) is 20.9. The Kier molecular flexibility index (Phi) is 6.77. The Labute approximate surface area is 164 Å². The Morgan fingerprint density at radius 2 is 1.79 bits per heavy atom. The molecule has 0 aromatic heterocycles. The number of rotatable bonds is 7. The van der Waals surface area contributed by atoms with Crippen LogP contribution < -0.4 is 16.0 Å².